The molecule has 0 radical (unpaired) electrons. The van der Waals surface area contributed by atoms with Gasteiger partial charge >= 0.3 is 0 Å². The quantitative estimate of drug-likeness (QED) is 0.174. The highest BCUT2D eigenvalue weighted by molar-refractivity contribution is 5.27. The predicted molar refractivity (Wildman–Crippen MR) is 124 cm³/mol. The smallest absolute Gasteiger partial charge is 0.243 e. The topological polar surface area (TPSA) is 84.2 Å². The van der Waals surface area contributed by atoms with Gasteiger partial charge < -0.3 is 20.1 Å². The third-order valence-electron chi connectivity index (χ3n) is 5.22. The van der Waals surface area contributed by atoms with Gasteiger partial charge in [0, 0.05) is 0 Å². The first-order chi connectivity index (χ1) is 15.5. The zero-order chi connectivity index (χ0) is 23.2. The summed E-state index contributed by atoms with van der Waals surface area (Å²) in [6.07, 6.45) is 11.7. The van der Waals surface area contributed by atoms with Gasteiger partial charge in [0.05, 0.1) is 18.2 Å². The Morgan fingerprint density at radius 2 is 1.72 bits per heavy atom. The molecule has 3 aromatic rings. The fourth-order valence-corrected chi connectivity index (χ4v) is 3.55. The summed E-state index contributed by atoms with van der Waals surface area (Å²) in [6.45, 7) is 6.95. The van der Waals surface area contributed by atoms with Gasteiger partial charge in [-0.2, -0.15) is 0 Å². The van der Waals surface area contributed by atoms with Crippen LogP contribution in [-0.4, -0.2) is 9.65 Å². The maximum atomic E-state index is 8.25. The molecule has 1 aromatic heterocycles. The van der Waals surface area contributed by atoms with E-state index in [4.69, 9.17) is 20.1 Å². The fraction of sp³-hybridized carbons (Fsp3) is 0.400. The second-order valence-corrected chi connectivity index (χ2v) is 7.77. The Morgan fingerprint density at radius 3 is 2.41 bits per heavy atom. The summed E-state index contributed by atoms with van der Waals surface area (Å²) >= 11 is 0. The van der Waals surface area contributed by atoms with Crippen molar-refractivity contribution in [1.29, 1.82) is 0 Å². The van der Waals surface area contributed by atoms with Crippen LogP contribution in [0.15, 0.2) is 73.3 Å². The average Bonchev–Trinajstić information content (AvgIpc) is 3.22. The molecule has 0 aliphatic carbocycles. The molecule has 1 unspecified atom stereocenters. The average molecular weight is 440 g/mol. The third-order valence-corrected chi connectivity index (χ3v) is 5.22. The van der Waals surface area contributed by atoms with Crippen molar-refractivity contribution in [1.82, 2.24) is 4.57 Å². The molecule has 0 N–H and O–H groups in total. The highest BCUT2D eigenvalue weighted by atomic mass is 16.9. The minimum atomic E-state index is -1.75. The molecular formula is C25H33N3O4. The number of unbranched alkanes of at least 4 members (excludes halogenated alkanes) is 3. The summed E-state index contributed by atoms with van der Waals surface area (Å²) < 4.78 is 10.9. The van der Waals surface area contributed by atoms with E-state index in [1.165, 1.54) is 42.4 Å². The van der Waals surface area contributed by atoms with Crippen molar-refractivity contribution >= 4 is 0 Å². The van der Waals surface area contributed by atoms with Gasteiger partial charge in [-0.15, -0.1) is 0 Å². The molecular weight excluding hydrogens is 406 g/mol. The van der Waals surface area contributed by atoms with Crippen molar-refractivity contribution < 1.29 is 14.4 Å². The molecule has 0 bridgehead atoms. The van der Waals surface area contributed by atoms with Crippen molar-refractivity contribution in [3.8, 4) is 0 Å². The van der Waals surface area contributed by atoms with Crippen LogP contribution >= 0.6 is 0 Å². The number of aryl methyl sites for hydroxylation is 2. The summed E-state index contributed by atoms with van der Waals surface area (Å²) in [5.41, 5.74) is 3.75. The molecule has 7 nitrogen and oxygen atoms in total. The second kappa shape index (κ2) is 14.0. The van der Waals surface area contributed by atoms with Gasteiger partial charge in [0.25, 0.3) is 0 Å². The molecule has 0 saturated heterocycles. The summed E-state index contributed by atoms with van der Waals surface area (Å²) in [6, 6.07) is 19.0. The summed E-state index contributed by atoms with van der Waals surface area (Å²) in [5, 5.41) is 14.8. The van der Waals surface area contributed by atoms with Crippen LogP contribution in [0.2, 0.25) is 0 Å². The number of aromatic nitrogens is 2. The molecule has 0 amide bonds. The fourth-order valence-electron chi connectivity index (χ4n) is 3.55. The van der Waals surface area contributed by atoms with E-state index in [1.54, 1.807) is 0 Å². The van der Waals surface area contributed by atoms with Gasteiger partial charge in [0.1, 0.15) is 25.0 Å². The number of nitrogens with zero attached hydrogens (tertiary/aromatic N) is 3. The van der Waals surface area contributed by atoms with E-state index >= 15 is 0 Å². The van der Waals surface area contributed by atoms with Crippen molar-refractivity contribution in [2.75, 3.05) is 0 Å². The van der Waals surface area contributed by atoms with Crippen molar-refractivity contribution in [3.05, 3.63) is 105 Å². The Morgan fingerprint density at radius 1 is 1.03 bits per heavy atom. The predicted octanol–water partition coefficient (Wildman–Crippen LogP) is 5.38. The first-order valence-corrected chi connectivity index (χ1v) is 11.1. The zero-order valence-corrected chi connectivity index (χ0v) is 18.9. The molecule has 0 aliphatic rings. The van der Waals surface area contributed by atoms with Crippen LogP contribution in [0, 0.1) is 22.2 Å². The molecule has 0 aliphatic heterocycles. The highest BCUT2D eigenvalue weighted by Crippen LogP contribution is 2.23. The molecule has 1 atom stereocenters. The summed E-state index contributed by atoms with van der Waals surface area (Å²) in [4.78, 5) is 8.25. The summed E-state index contributed by atoms with van der Waals surface area (Å²) in [5.74, 6) is 0. The number of imidazole rings is 1. The Labute approximate surface area is 190 Å². The van der Waals surface area contributed by atoms with E-state index in [-0.39, 0.29) is 6.10 Å². The van der Waals surface area contributed by atoms with Crippen LogP contribution in [-0.2, 0) is 24.4 Å². The molecule has 0 fully saturated rings. The monoisotopic (exact) mass is 439 g/mol. The largest absolute Gasteiger partial charge is 0.365 e. The number of hydrogen-bond donors (Lipinski definition) is 0. The number of rotatable bonds is 11. The van der Waals surface area contributed by atoms with E-state index in [2.05, 4.69) is 90.2 Å². The maximum Gasteiger partial charge on any atom is 0.243 e. The van der Waals surface area contributed by atoms with E-state index in [0.717, 1.165) is 13.1 Å². The SMILES string of the molecule is CCCCCCn1cc[n+](CC(OCc2ccccc2)c2ccccc2C)c1.O=[N+]([O-])[O-]. The van der Waals surface area contributed by atoms with Gasteiger partial charge in [-0.1, -0.05) is 74.4 Å². The third kappa shape index (κ3) is 9.31. The van der Waals surface area contributed by atoms with Crippen LogP contribution in [0.5, 0.6) is 0 Å². The van der Waals surface area contributed by atoms with Crippen LogP contribution in [0.1, 0.15) is 55.4 Å². The number of hydrogen-bond acceptors (Lipinski definition) is 4. The van der Waals surface area contributed by atoms with Crippen LogP contribution in [0.4, 0.5) is 0 Å². The van der Waals surface area contributed by atoms with Crippen molar-refractivity contribution in [2.24, 2.45) is 0 Å². The van der Waals surface area contributed by atoms with Crippen LogP contribution < -0.4 is 4.57 Å². The summed E-state index contributed by atoms with van der Waals surface area (Å²) in [7, 11) is 0. The molecule has 0 saturated carbocycles. The molecule has 2 aromatic carbocycles. The molecule has 0 spiro atoms. The highest BCUT2D eigenvalue weighted by Gasteiger charge is 2.18. The molecule has 7 heteroatoms. The van der Waals surface area contributed by atoms with Crippen LogP contribution in [0.3, 0.4) is 0 Å². The maximum absolute atomic E-state index is 8.25. The molecule has 1 heterocycles. The lowest BCUT2D eigenvalue weighted by Gasteiger charge is -2.19. The molecule has 3 rings (SSSR count). The molecule has 32 heavy (non-hydrogen) atoms. The normalized spacial score (nSPS) is 11.4. The van der Waals surface area contributed by atoms with Crippen molar-refractivity contribution in [3.63, 3.8) is 0 Å². The second-order valence-electron chi connectivity index (χ2n) is 7.77. The lowest BCUT2D eigenvalue weighted by atomic mass is 10.0. The van der Waals surface area contributed by atoms with Gasteiger partial charge in [-0.05, 0) is 36.5 Å². The van der Waals surface area contributed by atoms with E-state index < -0.39 is 5.09 Å². The Kier molecular flexibility index (Phi) is 11.0. The van der Waals surface area contributed by atoms with Gasteiger partial charge in [0.2, 0.25) is 6.33 Å². The molecule has 172 valence electrons. The number of ether oxygens (including phenoxy) is 1. The lowest BCUT2D eigenvalue weighted by molar-refractivity contribution is -0.704. The van der Waals surface area contributed by atoms with Gasteiger partial charge in [-0.25, -0.2) is 9.13 Å². The van der Waals surface area contributed by atoms with Crippen molar-refractivity contribution in [2.45, 2.75) is 65.3 Å². The lowest BCUT2D eigenvalue weighted by Crippen LogP contribution is -2.35. The van der Waals surface area contributed by atoms with E-state index in [0.29, 0.717) is 6.61 Å². The standard InChI is InChI=1S/C25H33N2O.NO3/c1-3-4-5-11-16-26-17-18-27(21-26)19-25(24-15-10-9-12-22(24)2)28-20-23-13-7-6-8-14-23;2-1(3)4/h6-10,12-15,17-18,21,25H,3-5,11,16,19-20H2,1-2H3;/q+1;-1. The Balaban J connectivity index is 0.000000837. The van der Waals surface area contributed by atoms with Gasteiger partial charge in [0.15, 0.2) is 0 Å². The minimum absolute atomic E-state index is 0.0300. The minimum Gasteiger partial charge on any atom is -0.365 e. The van der Waals surface area contributed by atoms with E-state index in [1.807, 2.05) is 6.07 Å². The Hall–Kier alpha value is -3.19. The van der Waals surface area contributed by atoms with Gasteiger partial charge in [-0.3, -0.25) is 0 Å². The first kappa shape index (κ1) is 25.1. The first-order valence-electron chi connectivity index (χ1n) is 11.1. The zero-order valence-electron chi connectivity index (χ0n) is 18.9. The Bertz CT molecular complexity index is 924. The van der Waals surface area contributed by atoms with Crippen LogP contribution in [0.25, 0.3) is 0 Å². The van der Waals surface area contributed by atoms with E-state index in [9.17, 15) is 0 Å². The number of benzene rings is 2.